The number of hydrogen-bond donors (Lipinski definition) is 2. The minimum atomic E-state index is -0.947. The Morgan fingerprint density at radius 1 is 1.21 bits per heavy atom. The summed E-state index contributed by atoms with van der Waals surface area (Å²) in [6.07, 6.45) is 3.72. The maximum Gasteiger partial charge on any atom is 0.124 e. The fourth-order valence-corrected chi connectivity index (χ4v) is 3.03. The number of halogens is 1. The van der Waals surface area contributed by atoms with Gasteiger partial charge in [0.1, 0.15) is 11.9 Å². The van der Waals surface area contributed by atoms with Crippen LogP contribution in [-0.2, 0) is 0 Å². The van der Waals surface area contributed by atoms with Crippen molar-refractivity contribution in [3.63, 3.8) is 0 Å². The highest BCUT2D eigenvalue weighted by molar-refractivity contribution is 6.30. The third-order valence-corrected chi connectivity index (χ3v) is 4.20. The summed E-state index contributed by atoms with van der Waals surface area (Å²) in [4.78, 5) is 0. The summed E-state index contributed by atoms with van der Waals surface area (Å²) < 4.78 is 5.23. The van der Waals surface area contributed by atoms with Crippen molar-refractivity contribution in [3.05, 3.63) is 28.8 Å². The van der Waals surface area contributed by atoms with E-state index in [1.807, 2.05) is 0 Å². The molecule has 0 bridgehead atoms. The van der Waals surface area contributed by atoms with E-state index < -0.39 is 12.2 Å². The van der Waals surface area contributed by atoms with Gasteiger partial charge in [0.25, 0.3) is 0 Å². The van der Waals surface area contributed by atoms with Gasteiger partial charge in [0.2, 0.25) is 0 Å². The Morgan fingerprint density at radius 2 is 1.89 bits per heavy atom. The standard InChI is InChI=1S/C15H21ClO3/c1-19-13-8-7-11(16)9-12(13)15(18)14(17)10-5-3-2-4-6-10/h7-10,14-15,17-18H,2-6H2,1H3. The lowest BCUT2D eigenvalue weighted by molar-refractivity contribution is -0.0294. The summed E-state index contributed by atoms with van der Waals surface area (Å²) in [7, 11) is 1.55. The lowest BCUT2D eigenvalue weighted by Crippen LogP contribution is -2.29. The molecule has 1 saturated carbocycles. The van der Waals surface area contributed by atoms with Gasteiger partial charge >= 0.3 is 0 Å². The van der Waals surface area contributed by atoms with E-state index in [4.69, 9.17) is 16.3 Å². The van der Waals surface area contributed by atoms with Crippen LogP contribution in [-0.4, -0.2) is 23.4 Å². The van der Waals surface area contributed by atoms with Crippen molar-refractivity contribution in [2.24, 2.45) is 5.92 Å². The van der Waals surface area contributed by atoms with Crippen LogP contribution in [0.25, 0.3) is 0 Å². The number of ether oxygens (including phenoxy) is 1. The van der Waals surface area contributed by atoms with E-state index >= 15 is 0 Å². The molecule has 0 radical (unpaired) electrons. The first-order valence-corrected chi connectivity index (χ1v) is 7.21. The molecular formula is C15H21ClO3. The SMILES string of the molecule is COc1ccc(Cl)cc1C(O)C(O)C1CCCCC1. The molecule has 106 valence electrons. The minimum absolute atomic E-state index is 0.160. The van der Waals surface area contributed by atoms with Crippen molar-refractivity contribution in [2.75, 3.05) is 7.11 Å². The summed E-state index contributed by atoms with van der Waals surface area (Å²) >= 11 is 5.96. The normalized spacial score (nSPS) is 20.0. The number of rotatable bonds is 4. The van der Waals surface area contributed by atoms with E-state index in [0.717, 1.165) is 25.7 Å². The molecule has 1 fully saturated rings. The van der Waals surface area contributed by atoms with Crippen LogP contribution in [0.5, 0.6) is 5.75 Å². The quantitative estimate of drug-likeness (QED) is 0.892. The molecule has 0 saturated heterocycles. The highest BCUT2D eigenvalue weighted by Crippen LogP contribution is 2.36. The number of aliphatic hydroxyl groups is 2. The molecule has 4 heteroatoms. The van der Waals surface area contributed by atoms with Crippen molar-refractivity contribution >= 4 is 11.6 Å². The molecule has 2 unspecified atom stereocenters. The van der Waals surface area contributed by atoms with Crippen molar-refractivity contribution in [1.29, 1.82) is 0 Å². The molecule has 2 rings (SSSR count). The first kappa shape index (κ1) is 14.6. The van der Waals surface area contributed by atoms with E-state index in [1.165, 1.54) is 6.42 Å². The average Bonchev–Trinajstić information content (AvgIpc) is 2.46. The highest BCUT2D eigenvalue weighted by atomic mass is 35.5. The molecule has 0 heterocycles. The van der Waals surface area contributed by atoms with Gasteiger partial charge in [-0.3, -0.25) is 0 Å². The summed E-state index contributed by atoms with van der Waals surface area (Å²) in [5, 5.41) is 21.3. The third kappa shape index (κ3) is 3.41. The van der Waals surface area contributed by atoms with E-state index in [1.54, 1.807) is 25.3 Å². The molecule has 1 aliphatic carbocycles. The van der Waals surface area contributed by atoms with E-state index in [-0.39, 0.29) is 5.92 Å². The van der Waals surface area contributed by atoms with Gasteiger partial charge in [-0.2, -0.15) is 0 Å². The lowest BCUT2D eigenvalue weighted by atomic mass is 9.82. The Hall–Kier alpha value is -0.770. The molecular weight excluding hydrogens is 264 g/mol. The molecule has 0 aromatic heterocycles. The molecule has 1 aromatic carbocycles. The molecule has 2 atom stereocenters. The van der Waals surface area contributed by atoms with Crippen LogP contribution in [0, 0.1) is 5.92 Å². The van der Waals surface area contributed by atoms with Crippen LogP contribution >= 0.6 is 11.6 Å². The number of methoxy groups -OCH3 is 1. The second-order valence-electron chi connectivity index (χ2n) is 5.22. The van der Waals surface area contributed by atoms with Crippen molar-refractivity contribution < 1.29 is 14.9 Å². The van der Waals surface area contributed by atoms with Gasteiger partial charge < -0.3 is 14.9 Å². The van der Waals surface area contributed by atoms with Crippen LogP contribution in [0.3, 0.4) is 0 Å². The van der Waals surface area contributed by atoms with Gasteiger partial charge in [0, 0.05) is 10.6 Å². The van der Waals surface area contributed by atoms with Crippen LogP contribution in [0.4, 0.5) is 0 Å². The van der Waals surface area contributed by atoms with E-state index in [0.29, 0.717) is 16.3 Å². The molecule has 3 nitrogen and oxygen atoms in total. The van der Waals surface area contributed by atoms with Crippen molar-refractivity contribution in [3.8, 4) is 5.75 Å². The maximum atomic E-state index is 10.4. The second-order valence-corrected chi connectivity index (χ2v) is 5.66. The fourth-order valence-electron chi connectivity index (χ4n) is 2.85. The van der Waals surface area contributed by atoms with Crippen molar-refractivity contribution in [2.45, 2.75) is 44.3 Å². The molecule has 0 spiro atoms. The van der Waals surface area contributed by atoms with Crippen LogP contribution in [0.15, 0.2) is 18.2 Å². The Kier molecular flexibility index (Phi) is 5.08. The van der Waals surface area contributed by atoms with E-state index in [9.17, 15) is 10.2 Å². The topological polar surface area (TPSA) is 49.7 Å². The molecule has 19 heavy (non-hydrogen) atoms. The second kappa shape index (κ2) is 6.60. The zero-order chi connectivity index (χ0) is 13.8. The summed E-state index contributed by atoms with van der Waals surface area (Å²) in [5.41, 5.74) is 0.563. The Labute approximate surface area is 119 Å². The highest BCUT2D eigenvalue weighted by Gasteiger charge is 2.30. The van der Waals surface area contributed by atoms with Gasteiger partial charge in [-0.15, -0.1) is 0 Å². The maximum absolute atomic E-state index is 10.4. The van der Waals surface area contributed by atoms with Crippen LogP contribution in [0.1, 0.15) is 43.8 Å². The van der Waals surface area contributed by atoms with Crippen molar-refractivity contribution in [1.82, 2.24) is 0 Å². The predicted octanol–water partition coefficient (Wildman–Crippen LogP) is 3.32. The number of aliphatic hydroxyl groups excluding tert-OH is 2. The predicted molar refractivity (Wildman–Crippen MR) is 75.5 cm³/mol. The molecule has 1 aliphatic rings. The Bertz CT molecular complexity index is 416. The summed E-state index contributed by atoms with van der Waals surface area (Å²) in [5.74, 6) is 0.721. The molecule has 2 N–H and O–H groups in total. The van der Waals surface area contributed by atoms with Crippen LogP contribution < -0.4 is 4.74 Å². The number of benzene rings is 1. The summed E-state index contributed by atoms with van der Waals surface area (Å²) in [6, 6.07) is 5.09. The fraction of sp³-hybridized carbons (Fsp3) is 0.600. The minimum Gasteiger partial charge on any atom is -0.496 e. The first-order chi connectivity index (χ1) is 9.13. The van der Waals surface area contributed by atoms with Gasteiger partial charge in [-0.1, -0.05) is 30.9 Å². The first-order valence-electron chi connectivity index (χ1n) is 6.83. The van der Waals surface area contributed by atoms with Gasteiger partial charge in [0.15, 0.2) is 0 Å². The summed E-state index contributed by atoms with van der Waals surface area (Å²) in [6.45, 7) is 0. The van der Waals surface area contributed by atoms with E-state index in [2.05, 4.69) is 0 Å². The molecule has 0 amide bonds. The lowest BCUT2D eigenvalue weighted by Gasteiger charge is -2.30. The zero-order valence-corrected chi connectivity index (χ0v) is 11.9. The third-order valence-electron chi connectivity index (χ3n) is 3.97. The van der Waals surface area contributed by atoms with Gasteiger partial charge in [0.05, 0.1) is 13.2 Å². The number of hydrogen-bond acceptors (Lipinski definition) is 3. The largest absolute Gasteiger partial charge is 0.496 e. The smallest absolute Gasteiger partial charge is 0.124 e. The Morgan fingerprint density at radius 3 is 2.53 bits per heavy atom. The zero-order valence-electron chi connectivity index (χ0n) is 11.2. The van der Waals surface area contributed by atoms with Gasteiger partial charge in [-0.25, -0.2) is 0 Å². The molecule has 0 aliphatic heterocycles. The monoisotopic (exact) mass is 284 g/mol. The van der Waals surface area contributed by atoms with Gasteiger partial charge in [-0.05, 0) is 37.0 Å². The Balaban J connectivity index is 2.17. The van der Waals surface area contributed by atoms with Crippen LogP contribution in [0.2, 0.25) is 5.02 Å². The molecule has 1 aromatic rings. The average molecular weight is 285 g/mol.